The van der Waals surface area contributed by atoms with Crippen LogP contribution in [0.1, 0.15) is 10.4 Å². The van der Waals surface area contributed by atoms with E-state index in [2.05, 4.69) is 21.2 Å². The number of halogens is 1. The highest BCUT2D eigenvalue weighted by Crippen LogP contribution is 2.25. The molecule has 0 aliphatic rings. The van der Waals surface area contributed by atoms with Gasteiger partial charge in [0.2, 0.25) is 0 Å². The zero-order chi connectivity index (χ0) is 20.8. The lowest BCUT2D eigenvalue weighted by Crippen LogP contribution is -2.48. The molecule has 3 aromatic rings. The molecule has 2 aromatic carbocycles. The van der Waals surface area contributed by atoms with Gasteiger partial charge in [0.05, 0.1) is 16.8 Å². The van der Waals surface area contributed by atoms with Crippen LogP contribution >= 0.6 is 12.2 Å². The lowest BCUT2D eigenvalue weighted by molar-refractivity contribution is 0.0945. The second-order valence-electron chi connectivity index (χ2n) is 6.72. The third kappa shape index (κ3) is 5.46. The number of fused-ring (bicyclic) bond motifs is 1. The van der Waals surface area contributed by atoms with Crippen molar-refractivity contribution in [3.8, 4) is 11.3 Å². The summed E-state index contributed by atoms with van der Waals surface area (Å²) in [6, 6.07) is 15.1. The number of carbonyl (C=O) groups is 1. The van der Waals surface area contributed by atoms with Crippen molar-refractivity contribution in [1.29, 1.82) is 0 Å². The summed E-state index contributed by atoms with van der Waals surface area (Å²) in [7, 11) is 3.93. The summed E-state index contributed by atoms with van der Waals surface area (Å²) < 4.78 is 13.3. The second-order valence-corrected chi connectivity index (χ2v) is 7.13. The Hall–Kier alpha value is -3.10. The van der Waals surface area contributed by atoms with Crippen molar-refractivity contribution in [2.45, 2.75) is 0 Å². The normalized spacial score (nSPS) is 10.8. The largest absolute Gasteiger partial charge is 0.360 e. The minimum atomic E-state index is -0.344. The molecule has 0 unspecified atom stereocenters. The quantitative estimate of drug-likeness (QED) is 0.443. The monoisotopic (exact) mass is 411 g/mol. The summed E-state index contributed by atoms with van der Waals surface area (Å²) in [5.41, 5.74) is 7.76. The summed E-state index contributed by atoms with van der Waals surface area (Å²) in [5.74, 6) is -0.671. The molecule has 29 heavy (non-hydrogen) atoms. The number of hydrogen-bond donors (Lipinski definition) is 3. The Morgan fingerprint density at radius 1 is 1.10 bits per heavy atom. The fraction of sp³-hybridized carbons (Fsp3) is 0.190. The van der Waals surface area contributed by atoms with Crippen molar-refractivity contribution in [3.05, 3.63) is 66.0 Å². The van der Waals surface area contributed by atoms with Crippen LogP contribution in [0.5, 0.6) is 0 Å². The molecule has 0 radical (unpaired) electrons. The first-order valence-corrected chi connectivity index (χ1v) is 9.49. The number of benzene rings is 2. The van der Waals surface area contributed by atoms with Gasteiger partial charge in [-0.05, 0) is 62.7 Å². The Balaban J connectivity index is 1.81. The van der Waals surface area contributed by atoms with Crippen molar-refractivity contribution in [1.82, 2.24) is 26.1 Å². The van der Waals surface area contributed by atoms with Gasteiger partial charge in [0.1, 0.15) is 5.82 Å². The highest BCUT2D eigenvalue weighted by atomic mass is 32.1. The topological polar surface area (TPSA) is 69.3 Å². The van der Waals surface area contributed by atoms with E-state index in [0.717, 1.165) is 12.1 Å². The zero-order valence-electron chi connectivity index (χ0n) is 16.2. The Bertz CT molecular complexity index is 1020. The number of aromatic nitrogens is 1. The van der Waals surface area contributed by atoms with Crippen LogP contribution in [0.2, 0.25) is 0 Å². The number of pyridine rings is 1. The van der Waals surface area contributed by atoms with Gasteiger partial charge in [-0.2, -0.15) is 0 Å². The van der Waals surface area contributed by atoms with Crippen molar-refractivity contribution in [2.24, 2.45) is 0 Å². The average molecular weight is 412 g/mol. The molecule has 1 heterocycles. The van der Waals surface area contributed by atoms with Gasteiger partial charge < -0.3 is 10.2 Å². The number of carbonyl (C=O) groups excluding carboxylic acids is 1. The smallest absolute Gasteiger partial charge is 0.270 e. The predicted octanol–water partition coefficient (Wildman–Crippen LogP) is 2.71. The minimum Gasteiger partial charge on any atom is -0.360 e. The lowest BCUT2D eigenvalue weighted by atomic mass is 10.0. The molecular formula is C21H22FN5OS. The SMILES string of the molecule is CN(C)CCNC(=S)NNC(=O)c1cc(-c2ccc(F)cc2)nc2ccccc12. The Kier molecular flexibility index (Phi) is 6.69. The summed E-state index contributed by atoms with van der Waals surface area (Å²) >= 11 is 5.18. The van der Waals surface area contributed by atoms with Crippen molar-refractivity contribution >= 4 is 34.1 Å². The first-order valence-electron chi connectivity index (χ1n) is 9.08. The molecule has 6 nitrogen and oxygen atoms in total. The van der Waals surface area contributed by atoms with E-state index in [1.807, 2.05) is 43.3 Å². The summed E-state index contributed by atoms with van der Waals surface area (Å²) in [6.07, 6.45) is 0. The Morgan fingerprint density at radius 2 is 1.83 bits per heavy atom. The van der Waals surface area contributed by atoms with Crippen LogP contribution in [-0.4, -0.2) is 48.1 Å². The van der Waals surface area contributed by atoms with Crippen LogP contribution in [0.25, 0.3) is 22.2 Å². The van der Waals surface area contributed by atoms with Crippen LogP contribution in [0.4, 0.5) is 4.39 Å². The highest BCUT2D eigenvalue weighted by Gasteiger charge is 2.14. The van der Waals surface area contributed by atoms with Gasteiger partial charge in [-0.25, -0.2) is 9.37 Å². The lowest BCUT2D eigenvalue weighted by Gasteiger charge is -2.15. The number of hydrogen-bond acceptors (Lipinski definition) is 4. The van der Waals surface area contributed by atoms with Crippen molar-refractivity contribution in [2.75, 3.05) is 27.2 Å². The second kappa shape index (κ2) is 9.40. The number of hydrazine groups is 1. The number of likely N-dealkylation sites (N-methyl/N-ethyl adjacent to an activating group) is 1. The summed E-state index contributed by atoms with van der Waals surface area (Å²) in [4.78, 5) is 19.5. The number of rotatable bonds is 5. The maximum Gasteiger partial charge on any atom is 0.270 e. The molecule has 3 N–H and O–H groups in total. The van der Waals surface area contributed by atoms with Gasteiger partial charge in [-0.15, -0.1) is 0 Å². The summed E-state index contributed by atoms with van der Waals surface area (Å²) in [5, 5.41) is 4.06. The standard InChI is InChI=1S/C21H22FN5OS/c1-27(2)12-11-23-21(29)26-25-20(28)17-13-19(14-7-9-15(22)10-8-14)24-18-6-4-3-5-16(17)18/h3-10,13H,11-12H2,1-2H3,(H,25,28)(H2,23,26,29). The van der Waals surface area contributed by atoms with Gasteiger partial charge >= 0.3 is 0 Å². The van der Waals surface area contributed by atoms with Crippen LogP contribution in [-0.2, 0) is 0 Å². The zero-order valence-corrected chi connectivity index (χ0v) is 17.0. The molecule has 0 fully saturated rings. The van der Waals surface area contributed by atoms with Gasteiger partial charge in [0.25, 0.3) is 5.91 Å². The van der Waals surface area contributed by atoms with Crippen molar-refractivity contribution < 1.29 is 9.18 Å². The molecule has 0 spiro atoms. The fourth-order valence-electron chi connectivity index (χ4n) is 2.75. The third-order valence-corrected chi connectivity index (χ3v) is 4.48. The van der Waals surface area contributed by atoms with Crippen molar-refractivity contribution in [3.63, 3.8) is 0 Å². The van der Waals surface area contributed by atoms with Gasteiger partial charge in [0.15, 0.2) is 5.11 Å². The Morgan fingerprint density at radius 3 is 2.55 bits per heavy atom. The predicted molar refractivity (Wildman–Crippen MR) is 117 cm³/mol. The van der Waals surface area contributed by atoms with Gasteiger partial charge in [-0.3, -0.25) is 15.6 Å². The van der Waals surface area contributed by atoms with Crippen LogP contribution in [0, 0.1) is 5.82 Å². The van der Waals surface area contributed by atoms with Gasteiger partial charge in [-0.1, -0.05) is 18.2 Å². The van der Waals surface area contributed by atoms with E-state index in [1.165, 1.54) is 12.1 Å². The Labute approximate surface area is 174 Å². The van der Waals surface area contributed by atoms with E-state index < -0.39 is 0 Å². The fourth-order valence-corrected chi connectivity index (χ4v) is 2.90. The van der Waals surface area contributed by atoms with E-state index in [-0.39, 0.29) is 11.7 Å². The highest BCUT2D eigenvalue weighted by molar-refractivity contribution is 7.80. The number of nitrogens with one attached hydrogen (secondary N) is 3. The number of thiocarbonyl (C=S) groups is 1. The number of amides is 1. The molecule has 1 amide bonds. The molecule has 0 bridgehead atoms. The molecule has 0 atom stereocenters. The minimum absolute atomic E-state index is 0.327. The molecular weight excluding hydrogens is 389 g/mol. The van der Waals surface area contributed by atoms with Crippen LogP contribution in [0.3, 0.4) is 0 Å². The molecule has 0 aliphatic heterocycles. The number of para-hydroxylation sites is 1. The third-order valence-electron chi connectivity index (χ3n) is 4.23. The van der Waals surface area contributed by atoms with Crippen LogP contribution < -0.4 is 16.2 Å². The molecule has 150 valence electrons. The maximum absolute atomic E-state index is 13.3. The molecule has 3 rings (SSSR count). The molecule has 0 aliphatic carbocycles. The van der Waals surface area contributed by atoms with E-state index >= 15 is 0 Å². The molecule has 0 saturated heterocycles. The van der Waals surface area contributed by atoms with E-state index in [1.54, 1.807) is 18.2 Å². The van der Waals surface area contributed by atoms with Gasteiger partial charge in [0, 0.05) is 24.0 Å². The van der Waals surface area contributed by atoms with E-state index in [0.29, 0.717) is 33.8 Å². The first kappa shape index (κ1) is 20.6. The van der Waals surface area contributed by atoms with E-state index in [4.69, 9.17) is 12.2 Å². The molecule has 8 heteroatoms. The van der Waals surface area contributed by atoms with E-state index in [9.17, 15) is 9.18 Å². The average Bonchev–Trinajstić information content (AvgIpc) is 2.71. The summed E-state index contributed by atoms with van der Waals surface area (Å²) in [6.45, 7) is 1.47. The maximum atomic E-state index is 13.3. The van der Waals surface area contributed by atoms with Crippen LogP contribution in [0.15, 0.2) is 54.6 Å². The molecule has 1 aromatic heterocycles. The first-order chi connectivity index (χ1) is 13.9. The number of nitrogens with zero attached hydrogens (tertiary/aromatic N) is 2. The molecule has 0 saturated carbocycles.